The number of carbonyl (C=O) groups excluding carboxylic acids is 1. The lowest BCUT2D eigenvalue weighted by Gasteiger charge is -2.32. The number of benzene rings is 1. The Hall–Kier alpha value is -1.47. The molecular weight excluding hydrogens is 329 g/mol. The van der Waals surface area contributed by atoms with Gasteiger partial charge in [-0.15, -0.1) is 0 Å². The van der Waals surface area contributed by atoms with Crippen molar-refractivity contribution in [2.75, 3.05) is 0 Å². The highest BCUT2D eigenvalue weighted by Crippen LogP contribution is 2.38. The largest absolute Gasteiger partial charge is 0.495 e. The van der Waals surface area contributed by atoms with E-state index in [9.17, 15) is 13.6 Å². The fourth-order valence-electron chi connectivity index (χ4n) is 2.84. The third-order valence-electron chi connectivity index (χ3n) is 4.99. The maximum absolute atomic E-state index is 13.9. The number of esters is 1. The van der Waals surface area contributed by atoms with Crippen molar-refractivity contribution in [2.24, 2.45) is 0 Å². The van der Waals surface area contributed by atoms with Crippen molar-refractivity contribution in [1.29, 1.82) is 0 Å². The van der Waals surface area contributed by atoms with Crippen molar-refractivity contribution in [3.05, 3.63) is 28.8 Å². The molecule has 0 radical (unpaired) electrons. The molecule has 0 atom stereocenters. The van der Waals surface area contributed by atoms with Crippen LogP contribution in [0.5, 0.6) is 0 Å². The van der Waals surface area contributed by atoms with Gasteiger partial charge in [-0.25, -0.2) is 8.78 Å². The predicted molar refractivity (Wildman–Crippen MR) is 92.0 cm³/mol. The van der Waals surface area contributed by atoms with Crippen LogP contribution in [-0.2, 0) is 31.9 Å². The first-order valence-electron chi connectivity index (χ1n) is 8.42. The Balaban J connectivity index is 2.57. The minimum atomic E-state index is -2.68. The highest BCUT2D eigenvalue weighted by atomic mass is 19.3. The lowest BCUT2D eigenvalue weighted by molar-refractivity contribution is -0.142. The quantitative estimate of drug-likeness (QED) is 0.599. The van der Waals surface area contributed by atoms with Crippen LogP contribution in [0.3, 0.4) is 0 Å². The van der Waals surface area contributed by atoms with Gasteiger partial charge in [0, 0.05) is 12.5 Å². The van der Waals surface area contributed by atoms with Crippen LogP contribution in [0.2, 0.25) is 0 Å². The summed E-state index contributed by atoms with van der Waals surface area (Å²) >= 11 is 0. The Labute approximate surface area is 148 Å². The van der Waals surface area contributed by atoms with Crippen molar-refractivity contribution in [1.82, 2.24) is 0 Å². The van der Waals surface area contributed by atoms with Gasteiger partial charge in [-0.05, 0) is 50.7 Å². The van der Waals surface area contributed by atoms with Gasteiger partial charge >= 0.3 is 13.1 Å². The molecule has 1 saturated heterocycles. The second-order valence-electron chi connectivity index (χ2n) is 7.23. The molecule has 0 aromatic heterocycles. The van der Waals surface area contributed by atoms with E-state index in [0.717, 1.165) is 0 Å². The van der Waals surface area contributed by atoms with E-state index < -0.39 is 30.7 Å². The number of rotatable bonds is 5. The molecule has 0 N–H and O–H groups in total. The third-order valence-corrected chi connectivity index (χ3v) is 4.99. The maximum atomic E-state index is 13.9. The van der Waals surface area contributed by atoms with Gasteiger partial charge in [0.05, 0.1) is 11.2 Å². The second kappa shape index (κ2) is 7.04. The second-order valence-corrected chi connectivity index (χ2v) is 7.23. The molecule has 1 aromatic carbocycles. The molecule has 0 aliphatic carbocycles. The molecule has 0 unspecified atom stereocenters. The van der Waals surface area contributed by atoms with Crippen molar-refractivity contribution in [3.63, 3.8) is 0 Å². The standard InChI is InChI=1S/C18H25BF2O4/c1-7-12-8-9-13(10-23-11(2)22)15(14(12)16(20)21)19-24-17(3,4)18(5,6)25-19/h8-9,16H,7,10H2,1-6H3. The summed E-state index contributed by atoms with van der Waals surface area (Å²) in [5, 5.41) is 0. The number of hydrogen-bond acceptors (Lipinski definition) is 4. The van der Waals surface area contributed by atoms with Gasteiger partial charge in [0.1, 0.15) is 6.61 Å². The minimum absolute atomic E-state index is 0.0920. The van der Waals surface area contributed by atoms with Crippen LogP contribution >= 0.6 is 0 Å². The minimum Gasteiger partial charge on any atom is -0.461 e. The Kier molecular flexibility index (Phi) is 5.59. The van der Waals surface area contributed by atoms with Crippen LogP contribution < -0.4 is 5.46 Å². The highest BCUT2D eigenvalue weighted by molar-refractivity contribution is 6.63. The smallest absolute Gasteiger partial charge is 0.461 e. The summed E-state index contributed by atoms with van der Waals surface area (Å²) in [6.45, 7) is 10.5. The summed E-state index contributed by atoms with van der Waals surface area (Å²) in [6, 6.07) is 3.35. The summed E-state index contributed by atoms with van der Waals surface area (Å²) in [5.41, 5.74) is -0.122. The summed E-state index contributed by atoms with van der Waals surface area (Å²) in [7, 11) is -0.939. The first-order valence-corrected chi connectivity index (χ1v) is 8.42. The highest BCUT2D eigenvalue weighted by Gasteiger charge is 2.53. The number of hydrogen-bond donors (Lipinski definition) is 0. The van der Waals surface area contributed by atoms with Crippen LogP contribution in [0.1, 0.15) is 64.7 Å². The Bertz CT molecular complexity index is 643. The van der Waals surface area contributed by atoms with Gasteiger partial charge in [-0.2, -0.15) is 0 Å². The Morgan fingerprint density at radius 1 is 1.16 bits per heavy atom. The summed E-state index contributed by atoms with van der Waals surface area (Å²) < 4.78 is 44.8. The molecule has 0 spiro atoms. The van der Waals surface area contributed by atoms with E-state index in [4.69, 9.17) is 14.0 Å². The molecule has 0 amide bonds. The van der Waals surface area contributed by atoms with E-state index in [1.165, 1.54) is 6.92 Å². The third kappa shape index (κ3) is 3.87. The van der Waals surface area contributed by atoms with Crippen LogP contribution in [0.25, 0.3) is 0 Å². The van der Waals surface area contributed by atoms with Crippen LogP contribution in [0.4, 0.5) is 8.78 Å². The van der Waals surface area contributed by atoms with Crippen LogP contribution in [0, 0.1) is 0 Å². The Morgan fingerprint density at radius 2 is 1.68 bits per heavy atom. The average Bonchev–Trinajstić information content (AvgIpc) is 2.71. The van der Waals surface area contributed by atoms with E-state index in [-0.39, 0.29) is 17.6 Å². The number of ether oxygens (including phenoxy) is 1. The van der Waals surface area contributed by atoms with Crippen molar-refractivity contribution < 1.29 is 27.6 Å². The topological polar surface area (TPSA) is 44.8 Å². The molecule has 7 heteroatoms. The average molecular weight is 354 g/mol. The summed E-state index contributed by atoms with van der Waals surface area (Å²) in [5.74, 6) is -0.474. The molecule has 0 saturated carbocycles. The number of halogens is 2. The monoisotopic (exact) mass is 354 g/mol. The fraction of sp³-hybridized carbons (Fsp3) is 0.611. The van der Waals surface area contributed by atoms with E-state index in [1.54, 1.807) is 12.1 Å². The summed E-state index contributed by atoms with van der Waals surface area (Å²) in [4.78, 5) is 11.2. The van der Waals surface area contributed by atoms with Gasteiger partial charge in [0.25, 0.3) is 6.43 Å². The van der Waals surface area contributed by atoms with Crippen LogP contribution in [-0.4, -0.2) is 24.3 Å². The number of alkyl halides is 2. The lowest BCUT2D eigenvalue weighted by Crippen LogP contribution is -2.41. The summed E-state index contributed by atoms with van der Waals surface area (Å²) in [6.07, 6.45) is -2.22. The molecular formula is C18H25BF2O4. The zero-order chi connectivity index (χ0) is 19.0. The lowest BCUT2D eigenvalue weighted by atomic mass is 9.71. The molecule has 0 bridgehead atoms. The normalized spacial score (nSPS) is 18.7. The maximum Gasteiger partial charge on any atom is 0.495 e. The zero-order valence-corrected chi connectivity index (χ0v) is 15.6. The molecule has 25 heavy (non-hydrogen) atoms. The van der Waals surface area contributed by atoms with Gasteiger partial charge in [0.2, 0.25) is 0 Å². The van der Waals surface area contributed by atoms with E-state index >= 15 is 0 Å². The molecule has 2 rings (SSSR count). The van der Waals surface area contributed by atoms with Gasteiger partial charge < -0.3 is 14.0 Å². The van der Waals surface area contributed by atoms with Gasteiger partial charge in [-0.3, -0.25) is 4.79 Å². The first-order chi connectivity index (χ1) is 11.5. The molecule has 1 aliphatic heterocycles. The molecule has 1 aromatic rings. The molecule has 1 aliphatic rings. The van der Waals surface area contributed by atoms with Crippen molar-refractivity contribution >= 4 is 18.6 Å². The van der Waals surface area contributed by atoms with E-state index in [1.807, 2.05) is 34.6 Å². The van der Waals surface area contributed by atoms with E-state index in [2.05, 4.69) is 0 Å². The molecule has 1 fully saturated rings. The number of aryl methyl sites for hydroxylation is 1. The van der Waals surface area contributed by atoms with Crippen molar-refractivity contribution in [3.8, 4) is 0 Å². The molecule has 138 valence electrons. The fourth-order valence-corrected chi connectivity index (χ4v) is 2.84. The SMILES string of the molecule is CCc1ccc(COC(C)=O)c(B2OC(C)(C)C(C)(C)O2)c1C(F)F. The zero-order valence-electron chi connectivity index (χ0n) is 15.6. The Morgan fingerprint density at radius 3 is 2.12 bits per heavy atom. The molecule has 1 heterocycles. The van der Waals surface area contributed by atoms with Gasteiger partial charge in [0.15, 0.2) is 0 Å². The first kappa shape index (κ1) is 19.9. The van der Waals surface area contributed by atoms with E-state index in [0.29, 0.717) is 17.5 Å². The van der Waals surface area contributed by atoms with Crippen molar-refractivity contribution in [2.45, 2.75) is 72.2 Å². The molecule has 4 nitrogen and oxygen atoms in total. The number of carbonyl (C=O) groups is 1. The van der Waals surface area contributed by atoms with Gasteiger partial charge in [-0.1, -0.05) is 19.1 Å². The predicted octanol–water partition coefficient (Wildman–Crippen LogP) is 3.55. The van der Waals surface area contributed by atoms with Crippen LogP contribution in [0.15, 0.2) is 12.1 Å².